The highest BCUT2D eigenvalue weighted by Crippen LogP contribution is 2.68. The topological polar surface area (TPSA) is 18.5 Å². The van der Waals surface area contributed by atoms with Gasteiger partial charge in [-0.15, -0.1) is 0 Å². The van der Waals surface area contributed by atoms with Crippen molar-refractivity contribution in [3.8, 4) is 0 Å². The maximum absolute atomic E-state index is 6.25. The molecule has 4 fully saturated rings. The standard InChI is InChI=1S/C21H32O2/c1-19-10-4-3-5-15(19)6-7-16-17(19)8-11-20(2)18(16)9-12-21(20)22-13-14-23-21/h6,16-18H,3-5,7-14H2,1-2H3/t16-,17+,18+,19+,20+/m0/s1. The van der Waals surface area contributed by atoms with Crippen molar-refractivity contribution in [2.75, 3.05) is 13.2 Å². The number of rotatable bonds is 0. The number of hydrogen-bond donors (Lipinski definition) is 0. The van der Waals surface area contributed by atoms with Crippen LogP contribution in [0, 0.1) is 28.6 Å². The summed E-state index contributed by atoms with van der Waals surface area (Å²) in [4.78, 5) is 0. The van der Waals surface area contributed by atoms with Crippen LogP contribution < -0.4 is 0 Å². The minimum atomic E-state index is -0.236. The molecule has 0 unspecified atom stereocenters. The molecule has 2 nitrogen and oxygen atoms in total. The molecule has 23 heavy (non-hydrogen) atoms. The van der Waals surface area contributed by atoms with Gasteiger partial charge in [-0.2, -0.15) is 0 Å². The Kier molecular flexibility index (Phi) is 3.15. The van der Waals surface area contributed by atoms with Crippen molar-refractivity contribution in [1.82, 2.24) is 0 Å². The highest BCUT2D eigenvalue weighted by Gasteiger charge is 2.66. The fourth-order valence-electron chi connectivity index (χ4n) is 7.58. The lowest BCUT2D eigenvalue weighted by atomic mass is 9.48. The van der Waals surface area contributed by atoms with Gasteiger partial charge in [0.2, 0.25) is 0 Å². The zero-order valence-corrected chi connectivity index (χ0v) is 14.9. The summed E-state index contributed by atoms with van der Waals surface area (Å²) >= 11 is 0. The first-order valence-corrected chi connectivity index (χ1v) is 10.1. The smallest absolute Gasteiger partial charge is 0.174 e. The molecule has 2 heteroatoms. The Balaban J connectivity index is 1.51. The molecule has 4 aliphatic carbocycles. The number of ether oxygens (including phenoxy) is 2. The van der Waals surface area contributed by atoms with Crippen molar-refractivity contribution in [3.63, 3.8) is 0 Å². The van der Waals surface area contributed by atoms with Crippen molar-refractivity contribution in [2.45, 2.75) is 77.4 Å². The molecule has 0 aromatic carbocycles. The van der Waals surface area contributed by atoms with Gasteiger partial charge in [0.1, 0.15) is 0 Å². The van der Waals surface area contributed by atoms with E-state index in [2.05, 4.69) is 19.9 Å². The van der Waals surface area contributed by atoms with Crippen molar-refractivity contribution < 1.29 is 9.47 Å². The van der Waals surface area contributed by atoms with E-state index in [9.17, 15) is 0 Å². The Morgan fingerprint density at radius 2 is 1.74 bits per heavy atom. The van der Waals surface area contributed by atoms with Crippen LogP contribution in [0.1, 0.15) is 71.6 Å². The Hall–Kier alpha value is -0.340. The molecule has 3 saturated carbocycles. The molecule has 5 atom stereocenters. The zero-order chi connectivity index (χ0) is 15.7. The summed E-state index contributed by atoms with van der Waals surface area (Å²) in [6, 6.07) is 0. The van der Waals surface area contributed by atoms with Gasteiger partial charge < -0.3 is 9.47 Å². The van der Waals surface area contributed by atoms with Crippen molar-refractivity contribution >= 4 is 0 Å². The quantitative estimate of drug-likeness (QED) is 0.580. The molecular formula is C21H32O2. The predicted molar refractivity (Wildman–Crippen MR) is 91.0 cm³/mol. The van der Waals surface area contributed by atoms with E-state index in [1.165, 1.54) is 51.4 Å². The molecule has 5 rings (SSSR count). The monoisotopic (exact) mass is 316 g/mol. The van der Waals surface area contributed by atoms with Gasteiger partial charge in [-0.1, -0.05) is 31.9 Å². The normalized spacial score (nSPS) is 51.0. The minimum Gasteiger partial charge on any atom is -0.347 e. The highest BCUT2D eigenvalue weighted by molar-refractivity contribution is 5.25. The molecule has 128 valence electrons. The summed E-state index contributed by atoms with van der Waals surface area (Å²) in [6.07, 6.45) is 14.8. The molecule has 1 spiro atoms. The molecule has 5 aliphatic rings. The molecule has 0 aromatic heterocycles. The van der Waals surface area contributed by atoms with Gasteiger partial charge in [0.25, 0.3) is 0 Å². The third kappa shape index (κ3) is 1.78. The zero-order valence-electron chi connectivity index (χ0n) is 14.9. The van der Waals surface area contributed by atoms with E-state index in [1.54, 1.807) is 0 Å². The second-order valence-electron chi connectivity index (χ2n) is 9.41. The van der Waals surface area contributed by atoms with Crippen LogP contribution >= 0.6 is 0 Å². The fourth-order valence-corrected chi connectivity index (χ4v) is 7.58. The first kappa shape index (κ1) is 15.0. The summed E-state index contributed by atoms with van der Waals surface area (Å²) in [5.74, 6) is 2.35. The van der Waals surface area contributed by atoms with Crippen LogP contribution in [0.25, 0.3) is 0 Å². The summed E-state index contributed by atoms with van der Waals surface area (Å²) in [7, 11) is 0. The van der Waals surface area contributed by atoms with E-state index in [4.69, 9.17) is 9.47 Å². The summed E-state index contributed by atoms with van der Waals surface area (Å²) in [5.41, 5.74) is 2.58. The van der Waals surface area contributed by atoms with E-state index >= 15 is 0 Å². The van der Waals surface area contributed by atoms with Crippen LogP contribution in [-0.2, 0) is 9.47 Å². The van der Waals surface area contributed by atoms with Crippen molar-refractivity contribution in [2.24, 2.45) is 28.6 Å². The van der Waals surface area contributed by atoms with Gasteiger partial charge in [-0.25, -0.2) is 0 Å². The molecule has 1 heterocycles. The van der Waals surface area contributed by atoms with Crippen LogP contribution in [-0.4, -0.2) is 19.0 Å². The number of hydrogen-bond acceptors (Lipinski definition) is 2. The molecule has 0 aromatic rings. The third-order valence-corrected chi connectivity index (χ3v) is 8.82. The Labute approximate surface area is 141 Å². The number of allylic oxidation sites excluding steroid dienone is 2. The van der Waals surface area contributed by atoms with Gasteiger partial charge >= 0.3 is 0 Å². The van der Waals surface area contributed by atoms with E-state index in [-0.39, 0.29) is 11.2 Å². The van der Waals surface area contributed by atoms with Crippen molar-refractivity contribution in [3.05, 3.63) is 11.6 Å². The number of fused-ring (bicyclic) bond motifs is 6. The molecule has 1 aliphatic heterocycles. The predicted octanol–water partition coefficient (Wildman–Crippen LogP) is 5.08. The van der Waals surface area contributed by atoms with E-state index < -0.39 is 0 Å². The molecule has 0 radical (unpaired) electrons. The molecule has 1 saturated heterocycles. The summed E-state index contributed by atoms with van der Waals surface area (Å²) in [5, 5.41) is 0. The van der Waals surface area contributed by atoms with Crippen LogP contribution in [0.15, 0.2) is 11.6 Å². The first-order chi connectivity index (χ1) is 11.1. The Morgan fingerprint density at radius 3 is 2.57 bits per heavy atom. The Morgan fingerprint density at radius 1 is 0.957 bits per heavy atom. The van der Waals surface area contributed by atoms with Gasteiger partial charge in [-0.3, -0.25) is 0 Å². The Bertz CT molecular complexity index is 532. The van der Waals surface area contributed by atoms with Gasteiger partial charge in [0.05, 0.1) is 13.2 Å². The van der Waals surface area contributed by atoms with Gasteiger partial charge in [0, 0.05) is 11.8 Å². The maximum Gasteiger partial charge on any atom is 0.174 e. The largest absolute Gasteiger partial charge is 0.347 e. The lowest BCUT2D eigenvalue weighted by Gasteiger charge is -2.58. The highest BCUT2D eigenvalue weighted by atomic mass is 16.7. The van der Waals surface area contributed by atoms with Crippen LogP contribution in [0.4, 0.5) is 0 Å². The fraction of sp³-hybridized carbons (Fsp3) is 0.905. The molecular weight excluding hydrogens is 284 g/mol. The third-order valence-electron chi connectivity index (χ3n) is 8.82. The van der Waals surface area contributed by atoms with E-state index in [0.717, 1.165) is 37.4 Å². The van der Waals surface area contributed by atoms with E-state index in [1.807, 2.05) is 5.57 Å². The molecule has 0 bridgehead atoms. The second kappa shape index (κ2) is 4.85. The van der Waals surface area contributed by atoms with Crippen LogP contribution in [0.2, 0.25) is 0 Å². The minimum absolute atomic E-state index is 0.236. The average Bonchev–Trinajstić information content (AvgIpc) is 3.14. The lowest BCUT2D eigenvalue weighted by molar-refractivity contribution is -0.242. The maximum atomic E-state index is 6.25. The summed E-state index contributed by atoms with van der Waals surface area (Å²) < 4.78 is 12.5. The summed E-state index contributed by atoms with van der Waals surface area (Å²) in [6.45, 7) is 6.70. The average molecular weight is 316 g/mol. The first-order valence-electron chi connectivity index (χ1n) is 10.1. The molecule has 0 N–H and O–H groups in total. The SMILES string of the molecule is C[C@@]12CCCCC1=CC[C@H]1[C@H]2CC[C@]2(C)[C@@H]1CCC21OCCO1. The lowest BCUT2D eigenvalue weighted by Crippen LogP contribution is -2.54. The van der Waals surface area contributed by atoms with Gasteiger partial charge in [0.15, 0.2) is 5.79 Å². The van der Waals surface area contributed by atoms with Gasteiger partial charge in [-0.05, 0) is 68.1 Å². The van der Waals surface area contributed by atoms with Crippen LogP contribution in [0.3, 0.4) is 0 Å². The van der Waals surface area contributed by atoms with Crippen molar-refractivity contribution in [1.29, 1.82) is 0 Å². The molecule has 0 amide bonds. The van der Waals surface area contributed by atoms with Crippen LogP contribution in [0.5, 0.6) is 0 Å². The van der Waals surface area contributed by atoms with E-state index in [0.29, 0.717) is 5.41 Å². The second-order valence-corrected chi connectivity index (χ2v) is 9.41.